The Labute approximate surface area is 124 Å². The van der Waals surface area contributed by atoms with Crippen molar-refractivity contribution in [2.45, 2.75) is 58.4 Å². The molecule has 0 aromatic heterocycles. The molecule has 1 unspecified atom stereocenters. The molecule has 0 saturated heterocycles. The molecular formula is C18H30N2. The standard InChI is InChI=1S/C18H30N2/c1-14-9-10-18(17(11-14)12-15(2)19)20(3)13-16-7-5-4-6-8-16/h9-11,15-16H,4-8,12-13,19H2,1-3H3. The molecule has 1 atom stereocenters. The lowest BCUT2D eigenvalue weighted by Gasteiger charge is -2.30. The lowest BCUT2D eigenvalue weighted by atomic mass is 9.88. The molecule has 2 N–H and O–H groups in total. The first-order chi connectivity index (χ1) is 9.56. The van der Waals surface area contributed by atoms with Crippen molar-refractivity contribution in [3.05, 3.63) is 29.3 Å². The van der Waals surface area contributed by atoms with Crippen LogP contribution in [-0.4, -0.2) is 19.6 Å². The van der Waals surface area contributed by atoms with Gasteiger partial charge >= 0.3 is 0 Å². The fourth-order valence-electron chi connectivity index (χ4n) is 3.45. The average Bonchev–Trinajstić information content (AvgIpc) is 2.39. The maximum Gasteiger partial charge on any atom is 0.0397 e. The van der Waals surface area contributed by atoms with Crippen LogP contribution in [0.5, 0.6) is 0 Å². The van der Waals surface area contributed by atoms with Gasteiger partial charge in [0.05, 0.1) is 0 Å². The molecule has 20 heavy (non-hydrogen) atoms. The topological polar surface area (TPSA) is 29.3 Å². The minimum Gasteiger partial charge on any atom is -0.374 e. The van der Waals surface area contributed by atoms with E-state index in [0.29, 0.717) is 0 Å². The molecule has 112 valence electrons. The quantitative estimate of drug-likeness (QED) is 0.882. The van der Waals surface area contributed by atoms with Crippen LogP contribution in [-0.2, 0) is 6.42 Å². The number of hydrogen-bond acceptors (Lipinski definition) is 2. The second-order valence-corrected chi connectivity index (χ2v) is 6.70. The van der Waals surface area contributed by atoms with Gasteiger partial charge in [-0.05, 0) is 50.7 Å². The smallest absolute Gasteiger partial charge is 0.0397 e. The minimum absolute atomic E-state index is 0.221. The molecule has 1 aromatic rings. The number of rotatable bonds is 5. The minimum atomic E-state index is 0.221. The van der Waals surface area contributed by atoms with Gasteiger partial charge in [-0.25, -0.2) is 0 Å². The summed E-state index contributed by atoms with van der Waals surface area (Å²) >= 11 is 0. The number of hydrogen-bond donors (Lipinski definition) is 1. The zero-order valence-electron chi connectivity index (χ0n) is 13.4. The highest BCUT2D eigenvalue weighted by molar-refractivity contribution is 5.54. The van der Waals surface area contributed by atoms with Gasteiger partial charge in [-0.2, -0.15) is 0 Å². The molecule has 0 amide bonds. The molecule has 1 aliphatic rings. The zero-order chi connectivity index (χ0) is 14.5. The van der Waals surface area contributed by atoms with E-state index in [1.807, 2.05) is 0 Å². The van der Waals surface area contributed by atoms with Crippen molar-refractivity contribution in [3.63, 3.8) is 0 Å². The van der Waals surface area contributed by atoms with Gasteiger partial charge in [-0.15, -0.1) is 0 Å². The highest BCUT2D eigenvalue weighted by Gasteiger charge is 2.17. The summed E-state index contributed by atoms with van der Waals surface area (Å²) < 4.78 is 0. The summed E-state index contributed by atoms with van der Waals surface area (Å²) in [5.74, 6) is 0.873. The number of nitrogens with zero attached hydrogens (tertiary/aromatic N) is 1. The molecule has 0 bridgehead atoms. The van der Waals surface area contributed by atoms with Crippen molar-refractivity contribution < 1.29 is 0 Å². The number of anilines is 1. The molecule has 2 rings (SSSR count). The molecule has 0 aliphatic heterocycles. The summed E-state index contributed by atoms with van der Waals surface area (Å²) in [4.78, 5) is 2.45. The molecule has 1 aromatic carbocycles. The first kappa shape index (κ1) is 15.4. The van der Waals surface area contributed by atoms with Crippen molar-refractivity contribution in [1.29, 1.82) is 0 Å². The molecule has 1 aliphatic carbocycles. The van der Waals surface area contributed by atoms with Gasteiger partial charge in [0.2, 0.25) is 0 Å². The first-order valence-electron chi connectivity index (χ1n) is 8.12. The molecule has 0 heterocycles. The number of benzene rings is 1. The fraction of sp³-hybridized carbons (Fsp3) is 0.667. The van der Waals surface area contributed by atoms with E-state index in [1.54, 1.807) is 0 Å². The Morgan fingerprint density at radius 1 is 1.25 bits per heavy atom. The lowest BCUT2D eigenvalue weighted by molar-refractivity contribution is 0.362. The van der Waals surface area contributed by atoms with Crippen LogP contribution in [0.25, 0.3) is 0 Å². The average molecular weight is 274 g/mol. The van der Waals surface area contributed by atoms with E-state index in [9.17, 15) is 0 Å². The normalized spacial score (nSPS) is 18.0. The van der Waals surface area contributed by atoms with Crippen molar-refractivity contribution in [2.24, 2.45) is 11.7 Å². The first-order valence-corrected chi connectivity index (χ1v) is 8.12. The maximum absolute atomic E-state index is 6.01. The van der Waals surface area contributed by atoms with E-state index in [-0.39, 0.29) is 6.04 Å². The maximum atomic E-state index is 6.01. The van der Waals surface area contributed by atoms with Gasteiger partial charge in [-0.1, -0.05) is 37.0 Å². The summed E-state index contributed by atoms with van der Waals surface area (Å²) in [7, 11) is 2.24. The Morgan fingerprint density at radius 2 is 1.95 bits per heavy atom. The van der Waals surface area contributed by atoms with E-state index in [1.165, 1.54) is 55.5 Å². The second kappa shape index (κ2) is 7.12. The molecule has 0 spiro atoms. The highest BCUT2D eigenvalue weighted by Crippen LogP contribution is 2.28. The molecule has 2 heteroatoms. The van der Waals surface area contributed by atoms with Gasteiger partial charge in [0.25, 0.3) is 0 Å². The van der Waals surface area contributed by atoms with E-state index in [0.717, 1.165) is 12.3 Å². The summed E-state index contributed by atoms with van der Waals surface area (Å²) in [5.41, 5.74) is 10.1. The fourth-order valence-corrected chi connectivity index (χ4v) is 3.45. The predicted octanol–water partition coefficient (Wildman–Crippen LogP) is 3.90. The molecule has 1 fully saturated rings. The van der Waals surface area contributed by atoms with Crippen LogP contribution in [0, 0.1) is 12.8 Å². The van der Waals surface area contributed by atoms with Crippen molar-refractivity contribution in [2.75, 3.05) is 18.5 Å². The Bertz CT molecular complexity index is 419. The van der Waals surface area contributed by atoms with Crippen LogP contribution in [0.1, 0.15) is 50.2 Å². The Balaban J connectivity index is 2.09. The summed E-state index contributed by atoms with van der Waals surface area (Å²) in [6, 6.07) is 7.02. The summed E-state index contributed by atoms with van der Waals surface area (Å²) in [5, 5.41) is 0. The van der Waals surface area contributed by atoms with Crippen LogP contribution in [0.4, 0.5) is 5.69 Å². The zero-order valence-corrected chi connectivity index (χ0v) is 13.4. The third kappa shape index (κ3) is 4.24. The van der Waals surface area contributed by atoms with Crippen LogP contribution in [0.3, 0.4) is 0 Å². The molecule has 1 saturated carbocycles. The van der Waals surface area contributed by atoms with Crippen molar-refractivity contribution in [3.8, 4) is 0 Å². The SMILES string of the molecule is Cc1ccc(N(C)CC2CCCCC2)c(CC(C)N)c1. The van der Waals surface area contributed by atoms with E-state index in [4.69, 9.17) is 5.73 Å². The summed E-state index contributed by atoms with van der Waals surface area (Å²) in [6.45, 7) is 5.44. The molecule has 0 radical (unpaired) electrons. The number of aryl methyl sites for hydroxylation is 1. The van der Waals surface area contributed by atoms with Crippen LogP contribution < -0.4 is 10.6 Å². The van der Waals surface area contributed by atoms with E-state index >= 15 is 0 Å². The lowest BCUT2D eigenvalue weighted by Crippen LogP contribution is -2.28. The van der Waals surface area contributed by atoms with Gasteiger partial charge in [0.15, 0.2) is 0 Å². The van der Waals surface area contributed by atoms with Crippen LogP contribution >= 0.6 is 0 Å². The molecule has 2 nitrogen and oxygen atoms in total. The van der Waals surface area contributed by atoms with Crippen molar-refractivity contribution >= 4 is 5.69 Å². The summed E-state index contributed by atoms with van der Waals surface area (Å²) in [6.07, 6.45) is 8.03. The van der Waals surface area contributed by atoms with Gasteiger partial charge in [0, 0.05) is 25.3 Å². The Morgan fingerprint density at radius 3 is 2.60 bits per heavy atom. The second-order valence-electron chi connectivity index (χ2n) is 6.70. The van der Waals surface area contributed by atoms with E-state index in [2.05, 4.69) is 44.0 Å². The van der Waals surface area contributed by atoms with Crippen LogP contribution in [0.2, 0.25) is 0 Å². The van der Waals surface area contributed by atoms with Crippen LogP contribution in [0.15, 0.2) is 18.2 Å². The monoisotopic (exact) mass is 274 g/mol. The van der Waals surface area contributed by atoms with E-state index < -0.39 is 0 Å². The highest BCUT2D eigenvalue weighted by atomic mass is 15.1. The van der Waals surface area contributed by atoms with Gasteiger partial charge in [-0.3, -0.25) is 0 Å². The van der Waals surface area contributed by atoms with Gasteiger partial charge < -0.3 is 10.6 Å². The number of nitrogens with two attached hydrogens (primary N) is 1. The molecular weight excluding hydrogens is 244 g/mol. The van der Waals surface area contributed by atoms with Gasteiger partial charge in [0.1, 0.15) is 0 Å². The Hall–Kier alpha value is -1.02. The third-order valence-corrected chi connectivity index (χ3v) is 4.44. The Kier molecular flexibility index (Phi) is 5.47. The predicted molar refractivity (Wildman–Crippen MR) is 88.4 cm³/mol. The largest absolute Gasteiger partial charge is 0.374 e. The third-order valence-electron chi connectivity index (χ3n) is 4.44. The van der Waals surface area contributed by atoms with Crippen molar-refractivity contribution in [1.82, 2.24) is 0 Å².